The minimum atomic E-state index is -1.00. The Balaban J connectivity index is 0.000000176. The van der Waals surface area contributed by atoms with E-state index in [9.17, 15) is 0 Å². The summed E-state index contributed by atoms with van der Waals surface area (Å²) in [5.41, 5.74) is 16.5. The molecule has 0 amide bonds. The Kier molecular flexibility index (Phi) is 15.5. The van der Waals surface area contributed by atoms with Gasteiger partial charge in [-0.3, -0.25) is 0 Å². The molecule has 0 nitrogen and oxygen atoms in total. The van der Waals surface area contributed by atoms with Crippen molar-refractivity contribution in [2.45, 2.75) is 0 Å². The Morgan fingerprint density at radius 3 is 0.450 bits per heavy atom. The van der Waals surface area contributed by atoms with E-state index in [1.165, 1.54) is 66.8 Å². The van der Waals surface area contributed by atoms with E-state index >= 15 is 0 Å². The van der Waals surface area contributed by atoms with Gasteiger partial charge >= 0.3 is 366 Å². The number of hydrogen-bond donors (Lipinski definition) is 0. The van der Waals surface area contributed by atoms with Gasteiger partial charge in [0, 0.05) is 37.7 Å². The molecule has 0 saturated heterocycles. The Morgan fingerprint density at radius 2 is 0.300 bits per heavy atom. The topological polar surface area (TPSA) is 0 Å². The first kappa shape index (κ1) is 43.6. The molecule has 8 aromatic carbocycles. The molecule has 0 bridgehead atoms. The Labute approximate surface area is 399 Å². The molecule has 0 aliphatic carbocycles. The zero-order chi connectivity index (χ0) is 38.9. The Hall–Kier alpha value is -4.49. The van der Waals surface area contributed by atoms with Crippen molar-refractivity contribution in [1.82, 2.24) is 0 Å². The van der Waals surface area contributed by atoms with E-state index in [0.717, 1.165) is 0 Å². The van der Waals surface area contributed by atoms with Crippen LogP contribution >= 0.6 is 0 Å². The van der Waals surface area contributed by atoms with Crippen LogP contribution in [0, 0.1) is 0 Å². The van der Waals surface area contributed by atoms with Crippen molar-refractivity contribution < 1.29 is 0 Å². The van der Waals surface area contributed by atoms with Crippen LogP contribution in [0.3, 0.4) is 0 Å². The van der Waals surface area contributed by atoms with Crippen molar-refractivity contribution in [1.29, 1.82) is 0 Å². The van der Waals surface area contributed by atoms with Gasteiger partial charge in [0.25, 0.3) is 0 Å². The van der Waals surface area contributed by atoms with E-state index in [1.807, 2.05) is 0 Å². The third-order valence-electron chi connectivity index (χ3n) is 10.5. The molecule has 0 fully saturated rings. The Morgan fingerprint density at radius 1 is 0.167 bits per heavy atom. The number of allylic oxidation sites excluding steroid dienone is 4. The summed E-state index contributed by atoms with van der Waals surface area (Å²) < 4.78 is 6.27. The standard InChI is InChI=1S/2C28H20.2Li.2Sn/c2*1-5-13-23(14-6-1)21-27(25-17-9-3-10-18-25)28(26-19-11-4-12-20-26)22-24-15-7-2-8-16-24;;;;/h2*1-20H;;;;. The van der Waals surface area contributed by atoms with Crippen molar-refractivity contribution >= 4 is 117 Å². The van der Waals surface area contributed by atoms with Gasteiger partial charge in [0.2, 0.25) is 0 Å². The van der Waals surface area contributed by atoms with Gasteiger partial charge in [0.05, 0.1) is 0 Å². The third kappa shape index (κ3) is 9.67. The fraction of sp³-hybridized carbons (Fsp3) is 0. The van der Waals surface area contributed by atoms with E-state index in [-0.39, 0.29) is 37.7 Å². The van der Waals surface area contributed by atoms with Gasteiger partial charge in [-0.15, -0.1) is 0 Å². The molecular weight excluding hydrogens is 924 g/mol. The average molecular weight is 964 g/mol. The monoisotopic (exact) mass is 966 g/mol. The summed E-state index contributed by atoms with van der Waals surface area (Å²) >= 11 is -2.01. The molecule has 60 heavy (non-hydrogen) atoms. The second-order valence-corrected chi connectivity index (χ2v) is 21.3. The molecule has 2 aliphatic heterocycles. The first-order valence-electron chi connectivity index (χ1n) is 19.8. The molecule has 0 atom stereocenters. The molecular formula is C56H40Li2Sn2. The van der Waals surface area contributed by atoms with Crippen LogP contribution in [0.5, 0.6) is 0 Å². The van der Waals surface area contributed by atoms with Crippen LogP contribution in [0.15, 0.2) is 243 Å². The van der Waals surface area contributed by atoms with E-state index in [4.69, 9.17) is 0 Å². The van der Waals surface area contributed by atoms with Crippen LogP contribution < -0.4 is 0 Å². The summed E-state index contributed by atoms with van der Waals surface area (Å²) in [6.45, 7) is 0. The summed E-state index contributed by atoms with van der Waals surface area (Å²) in [4.78, 5) is 0. The maximum atomic E-state index is 2.27. The van der Waals surface area contributed by atoms with Gasteiger partial charge in [0.15, 0.2) is 0 Å². The average Bonchev–Trinajstić information content (AvgIpc) is 3.93. The fourth-order valence-electron chi connectivity index (χ4n) is 7.86. The summed E-state index contributed by atoms with van der Waals surface area (Å²) in [5.74, 6) is 0. The molecule has 2 aliphatic rings. The number of hydrogen-bond acceptors (Lipinski definition) is 0. The predicted octanol–water partition coefficient (Wildman–Crippen LogP) is 12.9. The first-order chi connectivity index (χ1) is 28.8. The molecule has 2 heterocycles. The van der Waals surface area contributed by atoms with Gasteiger partial charge in [0.1, 0.15) is 0 Å². The van der Waals surface area contributed by atoms with E-state index < -0.39 is 42.3 Å². The molecule has 0 unspecified atom stereocenters. The van der Waals surface area contributed by atoms with Crippen molar-refractivity contribution in [3.05, 3.63) is 287 Å². The van der Waals surface area contributed by atoms with E-state index in [2.05, 4.69) is 243 Å². The molecule has 8 aromatic rings. The van der Waals surface area contributed by atoms with Crippen LogP contribution in [-0.2, 0) is 0 Å². The minimum absolute atomic E-state index is 0. The SMILES string of the molecule is [Li].[Li].c1ccc([C]2=C(c3ccccc3)C(c3ccccc3)=[C](c3ccccc3)[Sn]2)cc1.c1ccc([C]2=C(c3ccccc3)C(c3ccccc3)=[C](c3ccccc3)[Sn]2)cc1. The molecule has 6 radical (unpaired) electrons. The van der Waals surface area contributed by atoms with Gasteiger partial charge in [-0.1, -0.05) is 0 Å². The predicted molar refractivity (Wildman–Crippen MR) is 262 cm³/mol. The summed E-state index contributed by atoms with van der Waals surface area (Å²) in [7, 11) is 0. The van der Waals surface area contributed by atoms with Gasteiger partial charge in [-0.05, 0) is 0 Å². The molecule has 0 N–H and O–H groups in total. The summed E-state index contributed by atoms with van der Waals surface area (Å²) in [6, 6.07) is 87.6. The second kappa shape index (κ2) is 21.3. The number of rotatable bonds is 8. The maximum absolute atomic E-state index is 2.27. The molecule has 0 spiro atoms. The fourth-order valence-corrected chi connectivity index (χ4v) is 17.3. The third-order valence-corrected chi connectivity index (χ3v) is 19.5. The molecule has 0 saturated carbocycles. The number of benzene rings is 8. The van der Waals surface area contributed by atoms with Crippen LogP contribution in [0.4, 0.5) is 0 Å². The second-order valence-electron chi connectivity index (χ2n) is 14.2. The Bertz CT molecular complexity index is 2360. The van der Waals surface area contributed by atoms with Gasteiger partial charge < -0.3 is 0 Å². The van der Waals surface area contributed by atoms with Crippen molar-refractivity contribution in [3.8, 4) is 0 Å². The van der Waals surface area contributed by atoms with Crippen molar-refractivity contribution in [3.63, 3.8) is 0 Å². The quantitative estimate of drug-likeness (QED) is 0.133. The zero-order valence-corrected chi connectivity index (χ0v) is 39.8. The van der Waals surface area contributed by atoms with Gasteiger partial charge in [-0.2, -0.15) is 0 Å². The first-order valence-corrected chi connectivity index (χ1v) is 25.5. The van der Waals surface area contributed by atoms with E-state index in [1.54, 1.807) is 14.4 Å². The normalized spacial score (nSPS) is 13.3. The van der Waals surface area contributed by atoms with Crippen LogP contribution in [-0.4, -0.2) is 80.0 Å². The van der Waals surface area contributed by atoms with E-state index in [0.29, 0.717) is 0 Å². The molecule has 274 valence electrons. The summed E-state index contributed by atoms with van der Waals surface area (Å²) in [5, 5.41) is 0. The van der Waals surface area contributed by atoms with Crippen molar-refractivity contribution in [2.75, 3.05) is 0 Å². The van der Waals surface area contributed by atoms with Crippen LogP contribution in [0.25, 0.3) is 36.6 Å². The molecule has 4 heteroatoms. The zero-order valence-electron chi connectivity index (χ0n) is 34.1. The van der Waals surface area contributed by atoms with Crippen molar-refractivity contribution in [2.24, 2.45) is 0 Å². The van der Waals surface area contributed by atoms with Crippen LogP contribution in [0.1, 0.15) is 44.5 Å². The molecule has 10 rings (SSSR count). The molecule has 0 aromatic heterocycles. The van der Waals surface area contributed by atoms with Gasteiger partial charge in [-0.25, -0.2) is 0 Å². The van der Waals surface area contributed by atoms with Crippen LogP contribution in [0.2, 0.25) is 0 Å². The summed E-state index contributed by atoms with van der Waals surface area (Å²) in [6.07, 6.45) is 0.